The van der Waals surface area contributed by atoms with Crippen molar-refractivity contribution >= 4 is 5.91 Å². The van der Waals surface area contributed by atoms with Gasteiger partial charge in [-0.15, -0.1) is 0 Å². The lowest BCUT2D eigenvalue weighted by Gasteiger charge is -2.16. The van der Waals surface area contributed by atoms with Crippen LogP contribution < -0.4 is 4.74 Å². The molecule has 1 aliphatic carbocycles. The van der Waals surface area contributed by atoms with E-state index in [1.54, 1.807) is 17.1 Å². The fourth-order valence-electron chi connectivity index (χ4n) is 3.75. The van der Waals surface area contributed by atoms with Crippen LogP contribution in [0.15, 0.2) is 12.4 Å². The van der Waals surface area contributed by atoms with Crippen LogP contribution in [0, 0.1) is 11.8 Å². The number of hydrogen-bond donors (Lipinski definition) is 1. The fourth-order valence-corrected chi connectivity index (χ4v) is 3.75. The normalized spacial score (nSPS) is 23.0. The standard InChI is InChI=1S/C18H26N6O2/c1-11(2)17-20-18(22-21-17)15-9-24(8-14(15)12-4-5-12)16(25)10-26-13-6-19-23(3)7-13/h6-7,11-12,14-15H,4-5,8-10H2,1-3H3,(H,20,21,22)/t14-,15+/m1/s1. The van der Waals surface area contributed by atoms with Crippen molar-refractivity contribution in [3.8, 4) is 5.75 Å². The number of likely N-dealkylation sites (tertiary alicyclic amines) is 1. The zero-order chi connectivity index (χ0) is 18.3. The second kappa shape index (κ2) is 6.74. The summed E-state index contributed by atoms with van der Waals surface area (Å²) in [5, 5.41) is 11.5. The highest BCUT2D eigenvalue weighted by atomic mass is 16.5. The number of nitrogens with zero attached hydrogens (tertiary/aromatic N) is 5. The van der Waals surface area contributed by atoms with Gasteiger partial charge >= 0.3 is 0 Å². The predicted octanol–water partition coefficient (Wildman–Crippen LogP) is 1.69. The highest BCUT2D eigenvalue weighted by Crippen LogP contribution is 2.47. The minimum Gasteiger partial charge on any atom is -0.480 e. The zero-order valence-electron chi connectivity index (χ0n) is 15.6. The highest BCUT2D eigenvalue weighted by molar-refractivity contribution is 5.78. The van der Waals surface area contributed by atoms with E-state index >= 15 is 0 Å². The number of aryl methyl sites for hydroxylation is 1. The molecule has 0 spiro atoms. The number of ether oxygens (including phenoxy) is 1. The number of aromatic nitrogens is 5. The Hall–Kier alpha value is -2.38. The van der Waals surface area contributed by atoms with Crippen LogP contribution in [0.4, 0.5) is 0 Å². The summed E-state index contributed by atoms with van der Waals surface area (Å²) in [6, 6.07) is 0. The van der Waals surface area contributed by atoms with Crippen LogP contribution in [0.1, 0.15) is 50.2 Å². The molecule has 1 aliphatic heterocycles. The number of H-pyrrole nitrogens is 1. The second-order valence-electron chi connectivity index (χ2n) is 7.78. The first-order valence-electron chi connectivity index (χ1n) is 9.32. The largest absolute Gasteiger partial charge is 0.480 e. The number of rotatable bonds is 6. The smallest absolute Gasteiger partial charge is 0.260 e. The van der Waals surface area contributed by atoms with Crippen LogP contribution in [-0.2, 0) is 11.8 Å². The van der Waals surface area contributed by atoms with Crippen LogP contribution in [-0.4, -0.2) is 55.5 Å². The van der Waals surface area contributed by atoms with Gasteiger partial charge in [0.2, 0.25) is 0 Å². The maximum absolute atomic E-state index is 12.6. The van der Waals surface area contributed by atoms with Gasteiger partial charge in [0.05, 0.1) is 12.4 Å². The first-order chi connectivity index (χ1) is 12.5. The molecule has 1 amide bonds. The molecule has 0 bridgehead atoms. The molecule has 140 valence electrons. The first kappa shape index (κ1) is 17.1. The third-order valence-electron chi connectivity index (χ3n) is 5.38. The SMILES string of the molecule is CC(C)c1n[nH]c([C@H]2CN(C(=O)COc3cnn(C)c3)C[C@@H]2C2CC2)n1. The fraction of sp³-hybridized carbons (Fsp3) is 0.667. The third-order valence-corrected chi connectivity index (χ3v) is 5.38. The van der Waals surface area contributed by atoms with Crippen molar-refractivity contribution in [3.63, 3.8) is 0 Å². The second-order valence-corrected chi connectivity index (χ2v) is 7.78. The number of carbonyl (C=O) groups is 1. The van der Waals surface area contributed by atoms with Crippen molar-refractivity contribution in [2.75, 3.05) is 19.7 Å². The van der Waals surface area contributed by atoms with Crippen LogP contribution in [0.3, 0.4) is 0 Å². The molecule has 2 aliphatic rings. The Bertz CT molecular complexity index is 778. The van der Waals surface area contributed by atoms with E-state index in [1.165, 1.54) is 12.8 Å². The van der Waals surface area contributed by atoms with Crippen molar-refractivity contribution in [1.82, 2.24) is 29.9 Å². The maximum atomic E-state index is 12.6. The van der Waals surface area contributed by atoms with Gasteiger partial charge in [0.25, 0.3) is 5.91 Å². The van der Waals surface area contributed by atoms with Gasteiger partial charge in [0.1, 0.15) is 5.82 Å². The van der Waals surface area contributed by atoms with Gasteiger partial charge in [-0.3, -0.25) is 14.6 Å². The highest BCUT2D eigenvalue weighted by Gasteiger charge is 2.45. The predicted molar refractivity (Wildman–Crippen MR) is 94.7 cm³/mol. The summed E-state index contributed by atoms with van der Waals surface area (Å²) < 4.78 is 7.24. The molecule has 1 saturated carbocycles. The average Bonchev–Trinajstić information content (AvgIpc) is 3.02. The molecular weight excluding hydrogens is 332 g/mol. The van der Waals surface area contributed by atoms with E-state index in [-0.39, 0.29) is 18.4 Å². The van der Waals surface area contributed by atoms with Crippen LogP contribution in [0.5, 0.6) is 5.75 Å². The van der Waals surface area contributed by atoms with Gasteiger partial charge in [0, 0.05) is 32.0 Å². The van der Waals surface area contributed by atoms with E-state index in [0.717, 1.165) is 18.2 Å². The Labute approximate surface area is 152 Å². The topological polar surface area (TPSA) is 88.9 Å². The van der Waals surface area contributed by atoms with E-state index in [1.807, 2.05) is 11.9 Å². The van der Waals surface area contributed by atoms with Crippen molar-refractivity contribution < 1.29 is 9.53 Å². The number of amides is 1. The quantitative estimate of drug-likeness (QED) is 0.849. The Morgan fingerprint density at radius 2 is 2.19 bits per heavy atom. The van der Waals surface area contributed by atoms with Crippen molar-refractivity contribution in [3.05, 3.63) is 24.0 Å². The Morgan fingerprint density at radius 1 is 1.38 bits per heavy atom. The maximum Gasteiger partial charge on any atom is 0.260 e. The Kier molecular flexibility index (Phi) is 4.42. The van der Waals surface area contributed by atoms with Crippen LogP contribution in [0.2, 0.25) is 0 Å². The van der Waals surface area contributed by atoms with E-state index in [4.69, 9.17) is 9.72 Å². The number of nitrogens with one attached hydrogen (secondary N) is 1. The molecule has 2 atom stereocenters. The van der Waals surface area contributed by atoms with E-state index in [0.29, 0.717) is 30.0 Å². The average molecular weight is 358 g/mol. The molecular formula is C18H26N6O2. The lowest BCUT2D eigenvalue weighted by atomic mass is 9.91. The van der Waals surface area contributed by atoms with E-state index in [9.17, 15) is 4.79 Å². The molecule has 1 N–H and O–H groups in total. The molecule has 2 fully saturated rings. The molecule has 0 aromatic carbocycles. The van der Waals surface area contributed by atoms with E-state index in [2.05, 4.69) is 29.1 Å². The van der Waals surface area contributed by atoms with Gasteiger partial charge in [0.15, 0.2) is 18.2 Å². The molecule has 3 heterocycles. The molecule has 2 aromatic rings. The Balaban J connectivity index is 1.42. The summed E-state index contributed by atoms with van der Waals surface area (Å²) in [6.45, 7) is 5.69. The summed E-state index contributed by atoms with van der Waals surface area (Å²) >= 11 is 0. The van der Waals surface area contributed by atoms with Crippen molar-refractivity contribution in [2.24, 2.45) is 18.9 Å². The molecule has 0 unspecified atom stereocenters. The minimum absolute atomic E-state index is 0.0191. The lowest BCUT2D eigenvalue weighted by Crippen LogP contribution is -2.33. The number of hydrogen-bond acceptors (Lipinski definition) is 5. The Morgan fingerprint density at radius 3 is 2.81 bits per heavy atom. The van der Waals surface area contributed by atoms with Gasteiger partial charge < -0.3 is 9.64 Å². The van der Waals surface area contributed by atoms with Gasteiger partial charge in [-0.1, -0.05) is 13.8 Å². The summed E-state index contributed by atoms with van der Waals surface area (Å²) in [6.07, 6.45) is 5.88. The third kappa shape index (κ3) is 3.45. The molecule has 1 saturated heterocycles. The summed E-state index contributed by atoms with van der Waals surface area (Å²) in [5.41, 5.74) is 0. The summed E-state index contributed by atoms with van der Waals surface area (Å²) in [7, 11) is 1.82. The molecule has 0 radical (unpaired) electrons. The molecule has 4 rings (SSSR count). The number of aromatic amines is 1. The first-order valence-corrected chi connectivity index (χ1v) is 9.32. The number of carbonyl (C=O) groups excluding carboxylic acids is 1. The van der Waals surface area contributed by atoms with Gasteiger partial charge in [-0.05, 0) is 24.7 Å². The monoisotopic (exact) mass is 358 g/mol. The zero-order valence-corrected chi connectivity index (χ0v) is 15.6. The summed E-state index contributed by atoms with van der Waals surface area (Å²) in [4.78, 5) is 19.2. The van der Waals surface area contributed by atoms with Gasteiger partial charge in [-0.25, -0.2) is 4.98 Å². The van der Waals surface area contributed by atoms with Crippen LogP contribution in [0.25, 0.3) is 0 Å². The lowest BCUT2D eigenvalue weighted by molar-refractivity contribution is -0.132. The van der Waals surface area contributed by atoms with Gasteiger partial charge in [-0.2, -0.15) is 10.2 Å². The molecule has 2 aromatic heterocycles. The van der Waals surface area contributed by atoms with Crippen molar-refractivity contribution in [2.45, 2.75) is 38.5 Å². The van der Waals surface area contributed by atoms with E-state index < -0.39 is 0 Å². The van der Waals surface area contributed by atoms with Crippen molar-refractivity contribution in [1.29, 1.82) is 0 Å². The van der Waals surface area contributed by atoms with Crippen LogP contribution >= 0.6 is 0 Å². The molecule has 8 nitrogen and oxygen atoms in total. The molecule has 8 heteroatoms. The molecule has 26 heavy (non-hydrogen) atoms. The summed E-state index contributed by atoms with van der Waals surface area (Å²) in [5.74, 6) is 4.11. The minimum atomic E-state index is 0.0191.